The second-order valence-electron chi connectivity index (χ2n) is 4.67. The third kappa shape index (κ3) is 3.09. The molecular weight excluding hydrogens is 221 g/mol. The summed E-state index contributed by atoms with van der Waals surface area (Å²) in [6.45, 7) is 3.61. The van der Waals surface area contributed by atoms with Crippen molar-refractivity contribution in [3.05, 3.63) is 0 Å². The summed E-state index contributed by atoms with van der Waals surface area (Å²) in [6, 6.07) is -2.56. The van der Waals surface area contributed by atoms with Gasteiger partial charge in [-0.1, -0.05) is 6.92 Å². The Labute approximate surface area is 93.4 Å². The van der Waals surface area contributed by atoms with Gasteiger partial charge in [-0.15, -0.1) is 0 Å². The normalized spacial score (nSPS) is 32.4. The first kappa shape index (κ1) is 13.7. The molecule has 0 saturated carbocycles. The van der Waals surface area contributed by atoms with Crippen molar-refractivity contribution in [2.45, 2.75) is 44.6 Å². The summed E-state index contributed by atoms with van der Waals surface area (Å²) >= 11 is 0. The predicted octanol–water partition coefficient (Wildman–Crippen LogP) is 0.967. The maximum Gasteiger partial charge on any atom is 0.405 e. The molecular formula is C10H19F3N2O. The van der Waals surface area contributed by atoms with Crippen molar-refractivity contribution in [1.82, 2.24) is 4.90 Å². The quantitative estimate of drug-likeness (QED) is 0.756. The largest absolute Gasteiger partial charge is 0.405 e. The van der Waals surface area contributed by atoms with Gasteiger partial charge in [-0.05, 0) is 19.3 Å². The molecule has 0 radical (unpaired) electrons. The van der Waals surface area contributed by atoms with Gasteiger partial charge in [0.25, 0.3) is 0 Å². The van der Waals surface area contributed by atoms with Crippen LogP contribution in [0.5, 0.6) is 0 Å². The molecule has 0 aromatic rings. The van der Waals surface area contributed by atoms with Crippen molar-refractivity contribution in [2.75, 3.05) is 13.1 Å². The van der Waals surface area contributed by atoms with Gasteiger partial charge in [-0.25, -0.2) is 0 Å². The SMILES string of the molecule is CC(N)C(N1CCC(O)C(C)C1)C(F)(F)F. The van der Waals surface area contributed by atoms with E-state index in [2.05, 4.69) is 0 Å². The lowest BCUT2D eigenvalue weighted by molar-refractivity contribution is -0.195. The van der Waals surface area contributed by atoms with Crippen molar-refractivity contribution < 1.29 is 18.3 Å². The third-order valence-electron chi connectivity index (χ3n) is 3.12. The number of alkyl halides is 3. The van der Waals surface area contributed by atoms with Crippen LogP contribution in [0, 0.1) is 5.92 Å². The summed E-state index contributed by atoms with van der Waals surface area (Å²) in [4.78, 5) is 1.34. The topological polar surface area (TPSA) is 49.5 Å². The summed E-state index contributed by atoms with van der Waals surface area (Å²) in [5.41, 5.74) is 5.41. The highest BCUT2D eigenvalue weighted by atomic mass is 19.4. The van der Waals surface area contributed by atoms with Crippen LogP contribution in [-0.4, -0.2) is 47.5 Å². The van der Waals surface area contributed by atoms with Gasteiger partial charge in [0.2, 0.25) is 0 Å². The minimum absolute atomic E-state index is 0.141. The van der Waals surface area contributed by atoms with Gasteiger partial charge >= 0.3 is 6.18 Å². The average Bonchev–Trinajstić information content (AvgIpc) is 2.08. The van der Waals surface area contributed by atoms with E-state index in [-0.39, 0.29) is 19.0 Å². The van der Waals surface area contributed by atoms with E-state index in [1.807, 2.05) is 0 Å². The van der Waals surface area contributed by atoms with Gasteiger partial charge in [0.15, 0.2) is 0 Å². The van der Waals surface area contributed by atoms with Gasteiger partial charge < -0.3 is 10.8 Å². The standard InChI is InChI=1S/C10H19F3N2O/c1-6-5-15(4-3-8(6)16)9(7(2)14)10(11,12)13/h6-9,16H,3-5,14H2,1-2H3. The smallest absolute Gasteiger partial charge is 0.393 e. The lowest BCUT2D eigenvalue weighted by Crippen LogP contribution is -2.58. The lowest BCUT2D eigenvalue weighted by atomic mass is 9.94. The van der Waals surface area contributed by atoms with E-state index in [0.717, 1.165) is 0 Å². The van der Waals surface area contributed by atoms with Crippen LogP contribution in [0.2, 0.25) is 0 Å². The molecule has 0 spiro atoms. The van der Waals surface area contributed by atoms with Crippen LogP contribution in [0.15, 0.2) is 0 Å². The maximum atomic E-state index is 12.8. The van der Waals surface area contributed by atoms with Gasteiger partial charge in [0, 0.05) is 19.1 Å². The van der Waals surface area contributed by atoms with Gasteiger partial charge in [-0.3, -0.25) is 4.90 Å². The Morgan fingerprint density at radius 1 is 1.44 bits per heavy atom. The van der Waals surface area contributed by atoms with Gasteiger partial charge in [-0.2, -0.15) is 13.2 Å². The average molecular weight is 240 g/mol. The predicted molar refractivity (Wildman–Crippen MR) is 54.9 cm³/mol. The first-order valence-corrected chi connectivity index (χ1v) is 5.48. The fraction of sp³-hybridized carbons (Fsp3) is 1.00. The Kier molecular flexibility index (Phi) is 4.20. The molecule has 1 saturated heterocycles. The molecule has 0 bridgehead atoms. The first-order chi connectivity index (χ1) is 7.23. The minimum atomic E-state index is -4.31. The molecule has 6 heteroatoms. The van der Waals surface area contributed by atoms with E-state index in [9.17, 15) is 18.3 Å². The van der Waals surface area contributed by atoms with Crippen molar-refractivity contribution >= 4 is 0 Å². The highest BCUT2D eigenvalue weighted by Gasteiger charge is 2.47. The summed E-state index contributed by atoms with van der Waals surface area (Å²) in [6.07, 6.45) is -4.44. The molecule has 96 valence electrons. The van der Waals surface area contributed by atoms with Crippen LogP contribution in [0.4, 0.5) is 13.2 Å². The van der Waals surface area contributed by atoms with E-state index in [1.165, 1.54) is 11.8 Å². The Morgan fingerprint density at radius 3 is 2.38 bits per heavy atom. The molecule has 1 heterocycles. The molecule has 1 aliphatic rings. The number of rotatable bonds is 2. The van der Waals surface area contributed by atoms with Crippen molar-refractivity contribution in [3.63, 3.8) is 0 Å². The first-order valence-electron chi connectivity index (χ1n) is 5.48. The number of piperidine rings is 1. The third-order valence-corrected chi connectivity index (χ3v) is 3.12. The molecule has 3 nitrogen and oxygen atoms in total. The van der Waals surface area contributed by atoms with Crippen LogP contribution in [0.3, 0.4) is 0 Å². The van der Waals surface area contributed by atoms with Crippen LogP contribution >= 0.6 is 0 Å². The van der Waals surface area contributed by atoms with E-state index in [0.29, 0.717) is 6.42 Å². The Hall–Kier alpha value is -0.330. The van der Waals surface area contributed by atoms with Crippen molar-refractivity contribution in [2.24, 2.45) is 11.7 Å². The number of halogens is 3. The van der Waals surface area contributed by atoms with Crippen molar-refractivity contribution in [1.29, 1.82) is 0 Å². The maximum absolute atomic E-state index is 12.8. The minimum Gasteiger partial charge on any atom is -0.393 e. The summed E-state index contributed by atoms with van der Waals surface area (Å²) in [5, 5.41) is 9.48. The number of nitrogens with two attached hydrogens (primary N) is 1. The second-order valence-corrected chi connectivity index (χ2v) is 4.67. The van der Waals surface area contributed by atoms with E-state index in [1.54, 1.807) is 6.92 Å². The zero-order valence-electron chi connectivity index (χ0n) is 9.54. The number of aliphatic hydroxyl groups is 1. The van der Waals surface area contributed by atoms with Crippen LogP contribution in [0.25, 0.3) is 0 Å². The summed E-state index contributed by atoms with van der Waals surface area (Å²) in [7, 11) is 0. The van der Waals surface area contributed by atoms with E-state index < -0.39 is 24.4 Å². The van der Waals surface area contributed by atoms with E-state index in [4.69, 9.17) is 5.73 Å². The molecule has 0 aromatic heterocycles. The molecule has 3 N–H and O–H groups in total. The monoisotopic (exact) mass is 240 g/mol. The van der Waals surface area contributed by atoms with Crippen LogP contribution < -0.4 is 5.73 Å². The highest BCUT2D eigenvalue weighted by molar-refractivity contribution is 4.90. The summed E-state index contributed by atoms with van der Waals surface area (Å²) in [5.74, 6) is -0.141. The molecule has 1 fully saturated rings. The number of hydrogen-bond donors (Lipinski definition) is 2. The number of hydrogen-bond acceptors (Lipinski definition) is 3. The van der Waals surface area contributed by atoms with Crippen molar-refractivity contribution in [3.8, 4) is 0 Å². The molecule has 0 aliphatic carbocycles. The van der Waals surface area contributed by atoms with Crippen LogP contribution in [-0.2, 0) is 0 Å². The molecule has 1 aliphatic heterocycles. The Morgan fingerprint density at radius 2 is 2.00 bits per heavy atom. The molecule has 16 heavy (non-hydrogen) atoms. The molecule has 0 amide bonds. The van der Waals surface area contributed by atoms with Gasteiger partial charge in [0.1, 0.15) is 6.04 Å². The number of aliphatic hydroxyl groups excluding tert-OH is 1. The van der Waals surface area contributed by atoms with E-state index >= 15 is 0 Å². The Bertz CT molecular complexity index is 233. The fourth-order valence-corrected chi connectivity index (χ4v) is 2.26. The molecule has 4 atom stereocenters. The second kappa shape index (κ2) is 4.89. The molecule has 1 rings (SSSR count). The Balaban J connectivity index is 2.73. The number of nitrogens with zero attached hydrogens (tertiary/aromatic N) is 1. The highest BCUT2D eigenvalue weighted by Crippen LogP contribution is 2.30. The van der Waals surface area contributed by atoms with Gasteiger partial charge in [0.05, 0.1) is 6.10 Å². The zero-order valence-corrected chi connectivity index (χ0v) is 9.54. The molecule has 0 aromatic carbocycles. The lowest BCUT2D eigenvalue weighted by Gasteiger charge is -2.41. The number of likely N-dealkylation sites (tertiary alicyclic amines) is 1. The zero-order chi connectivity index (χ0) is 12.5. The fourth-order valence-electron chi connectivity index (χ4n) is 2.26. The van der Waals surface area contributed by atoms with Crippen LogP contribution in [0.1, 0.15) is 20.3 Å². The molecule has 4 unspecified atom stereocenters. The summed E-state index contributed by atoms with van der Waals surface area (Å²) < 4.78 is 38.4.